The number of rotatable bonds is 4. The van der Waals surface area contributed by atoms with Crippen LogP contribution in [0.25, 0.3) is 0 Å². The molecule has 0 aromatic heterocycles. The number of carbonyl (C=O) groups is 2. The summed E-state index contributed by atoms with van der Waals surface area (Å²) in [6.07, 6.45) is 0.742. The second kappa shape index (κ2) is 7.14. The summed E-state index contributed by atoms with van der Waals surface area (Å²) >= 11 is 0. The van der Waals surface area contributed by atoms with Gasteiger partial charge in [0, 0.05) is 25.2 Å². The summed E-state index contributed by atoms with van der Waals surface area (Å²) in [5.74, 6) is 0.0426. The average molecular weight is 374 g/mol. The Bertz CT molecular complexity index is 822. The predicted molar refractivity (Wildman–Crippen MR) is 98.4 cm³/mol. The number of hydrogen-bond acceptors (Lipinski definition) is 8. The van der Waals surface area contributed by atoms with Gasteiger partial charge in [0.05, 0.1) is 6.21 Å². The third-order valence-corrected chi connectivity index (χ3v) is 4.30. The molecule has 144 valence electrons. The molecule has 2 unspecified atom stereocenters. The monoisotopic (exact) mass is 374 g/mol. The number of aliphatic imine (C=N–C) groups is 1. The lowest BCUT2D eigenvalue weighted by Crippen LogP contribution is -2.64. The molecule has 1 saturated heterocycles. The molecule has 3 amide bonds. The van der Waals surface area contributed by atoms with Crippen molar-refractivity contribution in [3.8, 4) is 11.5 Å². The van der Waals surface area contributed by atoms with E-state index in [-0.39, 0.29) is 17.4 Å². The number of hydrogen-bond donors (Lipinski definition) is 4. The number of hydrazone groups is 1. The fourth-order valence-electron chi connectivity index (χ4n) is 3.01. The fraction of sp³-hybridized carbons (Fsp3) is 0.412. The molecule has 10 nitrogen and oxygen atoms in total. The maximum Gasteiger partial charge on any atom is 0.325 e. The molecule has 3 rings (SSSR count). The normalized spacial score (nSPS) is 22.3. The van der Waals surface area contributed by atoms with Gasteiger partial charge in [0.1, 0.15) is 11.5 Å². The number of benzene rings is 1. The van der Waals surface area contributed by atoms with Crippen molar-refractivity contribution in [3.05, 3.63) is 23.8 Å². The summed E-state index contributed by atoms with van der Waals surface area (Å²) in [4.78, 5) is 31.8. The number of guanidine groups is 1. The van der Waals surface area contributed by atoms with Gasteiger partial charge in [0.15, 0.2) is 12.2 Å². The third-order valence-electron chi connectivity index (χ3n) is 4.30. The number of aromatic hydroxyl groups is 2. The largest absolute Gasteiger partial charge is 0.508 e. The molecule has 0 radical (unpaired) electrons. The number of carbonyl (C=O) groups excluding carboxylic acids is 2. The van der Waals surface area contributed by atoms with Crippen LogP contribution in [0.15, 0.2) is 28.3 Å². The van der Waals surface area contributed by atoms with Gasteiger partial charge < -0.3 is 20.0 Å². The number of amides is 3. The third kappa shape index (κ3) is 3.64. The van der Waals surface area contributed by atoms with E-state index in [1.165, 1.54) is 29.3 Å². The molecule has 1 aromatic carbocycles. The standard InChI is InChI=1S/C17H22N6O4/c1-9(2)8-23-13-14(22(3)17(27)20-15(13)26)19-16(23)21-18-7-10-4-5-11(24)6-12(10)25/h4-7,9,13-14,24-25H,8H2,1-3H3,(H,19,21)(H,20,26,27)/b18-7+. The molecule has 10 heteroatoms. The first kappa shape index (κ1) is 18.5. The van der Waals surface area contributed by atoms with Gasteiger partial charge >= 0.3 is 6.03 Å². The molecule has 2 atom stereocenters. The lowest BCUT2D eigenvalue weighted by atomic mass is 10.1. The van der Waals surface area contributed by atoms with E-state index in [9.17, 15) is 19.8 Å². The second-order valence-electron chi connectivity index (χ2n) is 6.88. The lowest BCUT2D eigenvalue weighted by molar-refractivity contribution is -0.127. The summed E-state index contributed by atoms with van der Waals surface area (Å²) in [5.41, 5.74) is 3.19. The first-order valence-corrected chi connectivity index (χ1v) is 8.51. The maximum atomic E-state index is 12.3. The van der Waals surface area contributed by atoms with Gasteiger partial charge in [-0.2, -0.15) is 5.10 Å². The van der Waals surface area contributed by atoms with E-state index in [0.717, 1.165) is 0 Å². The second-order valence-corrected chi connectivity index (χ2v) is 6.88. The van der Waals surface area contributed by atoms with Gasteiger partial charge in [-0.25, -0.2) is 15.2 Å². The van der Waals surface area contributed by atoms with Crippen LogP contribution in [0.3, 0.4) is 0 Å². The first-order valence-electron chi connectivity index (χ1n) is 8.51. The topological polar surface area (TPSA) is 130 Å². The number of urea groups is 1. The summed E-state index contributed by atoms with van der Waals surface area (Å²) in [6, 6.07) is 3.03. The highest BCUT2D eigenvalue weighted by Gasteiger charge is 2.48. The number of imide groups is 1. The lowest BCUT2D eigenvalue weighted by Gasteiger charge is -2.36. The predicted octanol–water partition coefficient (Wildman–Crippen LogP) is 0.225. The van der Waals surface area contributed by atoms with E-state index in [1.807, 2.05) is 13.8 Å². The van der Waals surface area contributed by atoms with E-state index in [0.29, 0.717) is 18.1 Å². The summed E-state index contributed by atoms with van der Waals surface area (Å²) in [7, 11) is 1.58. The molecule has 0 aliphatic carbocycles. The highest BCUT2D eigenvalue weighted by Crippen LogP contribution is 2.24. The van der Waals surface area contributed by atoms with Crippen molar-refractivity contribution in [2.75, 3.05) is 13.6 Å². The van der Waals surface area contributed by atoms with Crippen LogP contribution in [0, 0.1) is 5.92 Å². The number of nitrogens with one attached hydrogen (secondary N) is 2. The summed E-state index contributed by atoms with van der Waals surface area (Å²) < 4.78 is 0. The molecule has 1 fully saturated rings. The van der Waals surface area contributed by atoms with Crippen molar-refractivity contribution in [2.45, 2.75) is 26.1 Å². The van der Waals surface area contributed by atoms with Gasteiger partial charge in [-0.05, 0) is 18.1 Å². The van der Waals surface area contributed by atoms with Crippen LogP contribution in [0.5, 0.6) is 11.5 Å². The van der Waals surface area contributed by atoms with Gasteiger partial charge in [-0.3, -0.25) is 10.1 Å². The minimum absolute atomic E-state index is 0.0522. The Morgan fingerprint density at radius 2 is 2.11 bits per heavy atom. The molecule has 2 heterocycles. The Balaban J connectivity index is 1.82. The summed E-state index contributed by atoms with van der Waals surface area (Å²) in [6.45, 7) is 4.57. The Hall–Kier alpha value is -3.30. The van der Waals surface area contributed by atoms with Crippen LogP contribution in [-0.4, -0.2) is 69.9 Å². The van der Waals surface area contributed by atoms with E-state index < -0.39 is 24.1 Å². The summed E-state index contributed by atoms with van der Waals surface area (Å²) in [5, 5.41) is 25.5. The van der Waals surface area contributed by atoms with E-state index in [4.69, 9.17) is 0 Å². The molecule has 0 spiro atoms. The van der Waals surface area contributed by atoms with Crippen LogP contribution in [0.1, 0.15) is 19.4 Å². The molecular formula is C17H22N6O4. The minimum Gasteiger partial charge on any atom is -0.508 e. The van der Waals surface area contributed by atoms with Gasteiger partial charge in [0.2, 0.25) is 5.96 Å². The zero-order chi connectivity index (χ0) is 19.7. The number of phenols is 2. The van der Waals surface area contributed by atoms with Crippen LogP contribution in [-0.2, 0) is 4.79 Å². The van der Waals surface area contributed by atoms with Crippen molar-refractivity contribution in [1.29, 1.82) is 0 Å². The highest BCUT2D eigenvalue weighted by atomic mass is 16.3. The molecule has 0 saturated carbocycles. The van der Waals surface area contributed by atoms with Crippen LogP contribution in [0.4, 0.5) is 4.79 Å². The highest BCUT2D eigenvalue weighted by molar-refractivity contribution is 6.03. The van der Waals surface area contributed by atoms with Gasteiger partial charge in [0.25, 0.3) is 5.91 Å². The van der Waals surface area contributed by atoms with Crippen LogP contribution in [0.2, 0.25) is 0 Å². The van der Waals surface area contributed by atoms with E-state index in [1.54, 1.807) is 11.9 Å². The van der Waals surface area contributed by atoms with Crippen LogP contribution >= 0.6 is 0 Å². The Kier molecular flexibility index (Phi) is 4.89. The Labute approximate surface area is 156 Å². The van der Waals surface area contributed by atoms with E-state index >= 15 is 0 Å². The number of nitrogens with zero attached hydrogens (tertiary/aromatic N) is 4. The molecule has 4 N–H and O–H groups in total. The number of fused-ring (bicyclic) bond motifs is 1. The van der Waals surface area contributed by atoms with Gasteiger partial charge in [-0.15, -0.1) is 0 Å². The quantitative estimate of drug-likeness (QED) is 0.441. The number of phenolic OH excluding ortho intramolecular Hbond substituents is 2. The van der Waals surface area contributed by atoms with Crippen LogP contribution < -0.4 is 10.7 Å². The molecule has 2 aliphatic heterocycles. The zero-order valence-corrected chi connectivity index (χ0v) is 15.2. The molecule has 27 heavy (non-hydrogen) atoms. The fourth-order valence-corrected chi connectivity index (χ4v) is 3.01. The van der Waals surface area contributed by atoms with Crippen molar-refractivity contribution in [2.24, 2.45) is 16.0 Å². The Morgan fingerprint density at radius 1 is 1.37 bits per heavy atom. The van der Waals surface area contributed by atoms with Crippen molar-refractivity contribution in [1.82, 2.24) is 20.5 Å². The number of likely N-dealkylation sites (N-methyl/N-ethyl adjacent to an activating group) is 1. The molecule has 1 aromatic rings. The molecule has 2 aliphatic rings. The van der Waals surface area contributed by atoms with Crippen molar-refractivity contribution < 1.29 is 19.8 Å². The van der Waals surface area contributed by atoms with E-state index in [2.05, 4.69) is 20.8 Å². The maximum absolute atomic E-state index is 12.3. The first-order chi connectivity index (χ1) is 12.8. The average Bonchev–Trinajstić information content (AvgIpc) is 2.93. The minimum atomic E-state index is -0.634. The Morgan fingerprint density at radius 3 is 2.78 bits per heavy atom. The van der Waals surface area contributed by atoms with Crippen molar-refractivity contribution >= 4 is 24.1 Å². The smallest absolute Gasteiger partial charge is 0.325 e. The zero-order valence-electron chi connectivity index (χ0n) is 15.2. The molecule has 0 bridgehead atoms. The van der Waals surface area contributed by atoms with Crippen molar-refractivity contribution in [3.63, 3.8) is 0 Å². The molecular weight excluding hydrogens is 352 g/mol. The SMILES string of the molecule is CC(C)CN1C(N/N=C/c2ccc(O)cc2O)=NC2C1C(=O)NC(=O)N2C. The van der Waals surface area contributed by atoms with Gasteiger partial charge in [-0.1, -0.05) is 13.8 Å².